The summed E-state index contributed by atoms with van der Waals surface area (Å²) in [5.41, 5.74) is 7.58. The molecule has 0 saturated heterocycles. The van der Waals surface area contributed by atoms with E-state index in [1.807, 2.05) is 0 Å². The predicted octanol–water partition coefficient (Wildman–Crippen LogP) is 4.75. The maximum atomic E-state index is 11.3. The second-order valence-corrected chi connectivity index (χ2v) is 10.9. The first-order valence-electron chi connectivity index (χ1n) is 11.5. The quantitative estimate of drug-likeness (QED) is 0.388. The Morgan fingerprint density at radius 3 is 1.97 bits per heavy atom. The van der Waals surface area contributed by atoms with Gasteiger partial charge in [-0.05, 0) is 60.6 Å². The number of nitrogens with zero attached hydrogens (tertiary/aromatic N) is 1. The maximum Gasteiger partial charge on any atom is 0.265 e. The third-order valence-corrected chi connectivity index (χ3v) is 7.59. The zero-order valence-corrected chi connectivity index (χ0v) is 20.2. The van der Waals surface area contributed by atoms with Gasteiger partial charge in [0, 0.05) is 12.0 Å². The maximum absolute atomic E-state index is 11.3. The van der Waals surface area contributed by atoms with E-state index in [1.54, 1.807) is 0 Å². The van der Waals surface area contributed by atoms with Gasteiger partial charge in [0.1, 0.15) is 6.54 Å². The number of hydrogen-bond acceptors (Lipinski definition) is 2. The van der Waals surface area contributed by atoms with Gasteiger partial charge in [0.05, 0.1) is 11.2 Å². The highest BCUT2D eigenvalue weighted by molar-refractivity contribution is 7.85. The van der Waals surface area contributed by atoms with Gasteiger partial charge in [0.15, 0.2) is 12.8 Å². The van der Waals surface area contributed by atoms with Crippen LogP contribution in [0.15, 0.2) is 72.8 Å². The van der Waals surface area contributed by atoms with Crippen LogP contribution in [0.3, 0.4) is 0 Å². The third-order valence-electron chi connectivity index (χ3n) is 6.79. The van der Waals surface area contributed by atoms with Crippen molar-refractivity contribution in [1.82, 2.24) is 0 Å². The van der Waals surface area contributed by atoms with E-state index in [4.69, 9.17) is 0 Å². The number of fused-ring (bicyclic) bond motifs is 1. The molecule has 0 spiro atoms. The summed E-state index contributed by atoms with van der Waals surface area (Å²) in [6.07, 6.45) is 4.33. The van der Waals surface area contributed by atoms with Crippen LogP contribution in [0.1, 0.15) is 39.8 Å². The lowest BCUT2D eigenvalue weighted by Crippen LogP contribution is -2.45. The zero-order chi connectivity index (χ0) is 23.5. The van der Waals surface area contributed by atoms with Crippen LogP contribution in [0.2, 0.25) is 0 Å². The smallest absolute Gasteiger partial charge is 0.265 e. The highest BCUT2D eigenvalue weighted by atomic mass is 32.2. The molecule has 1 N–H and O–H groups in total. The molecule has 4 rings (SSSR count). The Hall–Kier alpha value is -2.76. The Kier molecular flexibility index (Phi) is 6.82. The summed E-state index contributed by atoms with van der Waals surface area (Å²) >= 11 is 0. The minimum absolute atomic E-state index is 0.165. The fourth-order valence-corrected chi connectivity index (χ4v) is 5.61. The molecule has 5 heteroatoms. The minimum Gasteiger partial charge on any atom is -0.286 e. The largest absolute Gasteiger partial charge is 0.286 e. The van der Waals surface area contributed by atoms with E-state index in [2.05, 4.69) is 97.4 Å². The fourth-order valence-electron chi connectivity index (χ4n) is 5.11. The average molecular weight is 463 g/mol. The molecular formula is C28H32NO3S+. The molecule has 0 bridgehead atoms. The SMILES string of the molecule is Cc1ccccc1CC1(Cc2ccccc2C)C[N+](CCCS(=O)(=O)O)=Cc2ccccc21. The van der Waals surface area contributed by atoms with E-state index in [1.165, 1.54) is 33.4 Å². The minimum atomic E-state index is -3.96. The van der Waals surface area contributed by atoms with E-state index < -0.39 is 10.1 Å². The summed E-state index contributed by atoms with van der Waals surface area (Å²) in [5, 5.41) is 0. The monoisotopic (exact) mass is 462 g/mol. The molecule has 0 aromatic heterocycles. The lowest BCUT2D eigenvalue weighted by Gasteiger charge is -2.37. The van der Waals surface area contributed by atoms with E-state index >= 15 is 0 Å². The molecule has 33 heavy (non-hydrogen) atoms. The van der Waals surface area contributed by atoms with Crippen LogP contribution in [-0.4, -0.2) is 42.6 Å². The van der Waals surface area contributed by atoms with Gasteiger partial charge < -0.3 is 0 Å². The van der Waals surface area contributed by atoms with Crippen LogP contribution < -0.4 is 0 Å². The van der Waals surface area contributed by atoms with Crippen molar-refractivity contribution in [2.75, 3.05) is 18.8 Å². The molecule has 1 heterocycles. The number of hydrogen-bond donors (Lipinski definition) is 1. The van der Waals surface area contributed by atoms with Crippen LogP contribution in [-0.2, 0) is 28.4 Å². The standard InChI is InChI=1S/C28H31NO3S/c1-22-10-3-5-12-24(22)18-28(19-25-13-6-4-11-23(25)2)21-29(16-9-17-33(30,31)32)20-26-14-7-8-15-27(26)28/h3-8,10-15,20H,9,16-19,21H2,1-2H3/p+1. The third kappa shape index (κ3) is 5.60. The fraction of sp³-hybridized carbons (Fsp3) is 0.321. The topological polar surface area (TPSA) is 57.4 Å². The van der Waals surface area contributed by atoms with Crippen molar-refractivity contribution in [3.8, 4) is 0 Å². The predicted molar refractivity (Wildman–Crippen MR) is 134 cm³/mol. The summed E-state index contributed by atoms with van der Waals surface area (Å²) in [7, 11) is -3.96. The van der Waals surface area contributed by atoms with E-state index in [9.17, 15) is 13.0 Å². The highest BCUT2D eigenvalue weighted by Gasteiger charge is 2.42. The molecule has 0 atom stereocenters. The van der Waals surface area contributed by atoms with Crippen LogP contribution in [0.4, 0.5) is 0 Å². The molecule has 0 amide bonds. The van der Waals surface area contributed by atoms with Crippen molar-refractivity contribution in [3.05, 3.63) is 106 Å². The number of rotatable bonds is 8. The Morgan fingerprint density at radius 1 is 0.848 bits per heavy atom. The van der Waals surface area contributed by atoms with Crippen molar-refractivity contribution >= 4 is 16.3 Å². The molecule has 4 nitrogen and oxygen atoms in total. The lowest BCUT2D eigenvalue weighted by atomic mass is 9.68. The van der Waals surface area contributed by atoms with Gasteiger partial charge in [-0.2, -0.15) is 8.42 Å². The molecule has 0 saturated carbocycles. The molecule has 3 aromatic rings. The molecule has 1 aliphatic heterocycles. The van der Waals surface area contributed by atoms with Crippen LogP contribution in [0.5, 0.6) is 0 Å². The summed E-state index contributed by atoms with van der Waals surface area (Å²) in [5.74, 6) is -0.221. The van der Waals surface area contributed by atoms with Gasteiger partial charge in [0.2, 0.25) is 0 Å². The van der Waals surface area contributed by atoms with Crippen molar-refractivity contribution in [3.63, 3.8) is 0 Å². The Bertz CT molecular complexity index is 1230. The molecular weight excluding hydrogens is 430 g/mol. The van der Waals surface area contributed by atoms with Crippen LogP contribution in [0, 0.1) is 13.8 Å². The molecule has 0 fully saturated rings. The molecule has 172 valence electrons. The molecule has 0 unspecified atom stereocenters. The van der Waals surface area contributed by atoms with Gasteiger partial charge in [0.25, 0.3) is 10.1 Å². The average Bonchev–Trinajstić information content (AvgIpc) is 2.76. The van der Waals surface area contributed by atoms with Gasteiger partial charge in [-0.15, -0.1) is 0 Å². The summed E-state index contributed by atoms with van der Waals surface area (Å²) in [6, 6.07) is 25.7. The first kappa shape index (κ1) is 23.4. The summed E-state index contributed by atoms with van der Waals surface area (Å²) < 4.78 is 34.0. The van der Waals surface area contributed by atoms with Gasteiger partial charge >= 0.3 is 0 Å². The Morgan fingerprint density at radius 2 is 1.39 bits per heavy atom. The summed E-state index contributed by atoms with van der Waals surface area (Å²) in [6.45, 7) is 5.71. The van der Waals surface area contributed by atoms with E-state index in [0.29, 0.717) is 13.0 Å². The Labute approximate surface area is 197 Å². The first-order valence-corrected chi connectivity index (χ1v) is 13.1. The van der Waals surface area contributed by atoms with Crippen molar-refractivity contribution in [2.24, 2.45) is 0 Å². The molecule has 0 radical (unpaired) electrons. The molecule has 3 aromatic carbocycles. The number of benzene rings is 3. The Balaban J connectivity index is 1.79. The van der Waals surface area contributed by atoms with Crippen LogP contribution in [0.25, 0.3) is 0 Å². The summed E-state index contributed by atoms with van der Waals surface area (Å²) in [4.78, 5) is 0. The van der Waals surface area contributed by atoms with E-state index in [-0.39, 0.29) is 11.2 Å². The number of aryl methyl sites for hydroxylation is 2. The second-order valence-electron chi connectivity index (χ2n) is 9.31. The van der Waals surface area contributed by atoms with Gasteiger partial charge in [-0.25, -0.2) is 4.58 Å². The first-order chi connectivity index (χ1) is 15.8. The highest BCUT2D eigenvalue weighted by Crippen LogP contribution is 2.38. The van der Waals surface area contributed by atoms with Crippen molar-refractivity contribution in [2.45, 2.75) is 38.5 Å². The normalized spacial score (nSPS) is 15.1. The van der Waals surface area contributed by atoms with Gasteiger partial charge in [-0.1, -0.05) is 66.7 Å². The molecule has 0 aliphatic carbocycles. The lowest BCUT2D eigenvalue weighted by molar-refractivity contribution is -0.534. The van der Waals surface area contributed by atoms with Crippen LogP contribution >= 0.6 is 0 Å². The molecule has 1 aliphatic rings. The van der Waals surface area contributed by atoms with Gasteiger partial charge in [-0.3, -0.25) is 4.55 Å². The zero-order valence-electron chi connectivity index (χ0n) is 19.4. The second kappa shape index (κ2) is 9.62. The van der Waals surface area contributed by atoms with Crippen molar-refractivity contribution < 1.29 is 17.5 Å². The van der Waals surface area contributed by atoms with E-state index in [0.717, 1.165) is 19.4 Å². The van der Waals surface area contributed by atoms with Crippen molar-refractivity contribution in [1.29, 1.82) is 0 Å².